The Bertz CT molecular complexity index is 825. The van der Waals surface area contributed by atoms with E-state index in [1.54, 1.807) is 12.4 Å². The fraction of sp³-hybridized carbons (Fsp3) is 0.353. The van der Waals surface area contributed by atoms with Crippen LogP contribution >= 0.6 is 0 Å². The lowest BCUT2D eigenvalue weighted by atomic mass is 10.00. The van der Waals surface area contributed by atoms with Crippen molar-refractivity contribution in [3.63, 3.8) is 0 Å². The van der Waals surface area contributed by atoms with Gasteiger partial charge < -0.3 is 10.2 Å². The second-order valence-electron chi connectivity index (χ2n) is 6.08. The zero-order chi connectivity index (χ0) is 16.4. The number of rotatable bonds is 3. The second kappa shape index (κ2) is 6.35. The molecule has 0 spiro atoms. The van der Waals surface area contributed by atoms with Crippen LogP contribution in [0.1, 0.15) is 36.6 Å². The first kappa shape index (κ1) is 14.7. The number of carbonyl (C=O) groups excluding carboxylic acids is 1. The van der Waals surface area contributed by atoms with Crippen LogP contribution in [0.5, 0.6) is 0 Å². The summed E-state index contributed by atoms with van der Waals surface area (Å²) in [6.45, 7) is 1.24. The number of nitrogens with one attached hydrogen (secondary N) is 2. The van der Waals surface area contributed by atoms with Crippen LogP contribution in [0, 0.1) is 0 Å². The summed E-state index contributed by atoms with van der Waals surface area (Å²) in [7, 11) is 0. The lowest BCUT2D eigenvalue weighted by molar-refractivity contribution is 0.149. The van der Waals surface area contributed by atoms with Crippen LogP contribution in [0.2, 0.25) is 0 Å². The van der Waals surface area contributed by atoms with Gasteiger partial charge in [-0.1, -0.05) is 6.07 Å². The first-order chi connectivity index (χ1) is 11.8. The van der Waals surface area contributed by atoms with E-state index < -0.39 is 0 Å². The number of H-pyrrole nitrogens is 1. The van der Waals surface area contributed by atoms with Crippen molar-refractivity contribution in [1.82, 2.24) is 30.0 Å². The smallest absolute Gasteiger partial charge is 0.318 e. The molecule has 1 saturated heterocycles. The third-order valence-electron chi connectivity index (χ3n) is 4.58. The van der Waals surface area contributed by atoms with Gasteiger partial charge in [0.05, 0.1) is 23.4 Å². The minimum atomic E-state index is -0.0374. The first-order valence-corrected chi connectivity index (χ1v) is 8.28. The lowest BCUT2D eigenvalue weighted by Gasteiger charge is -2.35. The Morgan fingerprint density at radius 3 is 3.17 bits per heavy atom. The molecule has 0 radical (unpaired) electrons. The predicted octanol–water partition coefficient (Wildman–Crippen LogP) is 2.49. The van der Waals surface area contributed by atoms with Gasteiger partial charge >= 0.3 is 6.03 Å². The number of aromatic nitrogens is 4. The van der Waals surface area contributed by atoms with E-state index in [-0.39, 0.29) is 12.1 Å². The maximum absolute atomic E-state index is 12.7. The van der Waals surface area contributed by atoms with Crippen molar-refractivity contribution in [3.8, 4) is 0 Å². The topological polar surface area (TPSA) is 78.3 Å². The minimum Gasteiger partial charge on any atom is -0.334 e. The highest BCUT2D eigenvalue weighted by atomic mass is 16.2. The molecule has 2 N–H and O–H groups in total. The Kier molecular flexibility index (Phi) is 3.90. The van der Waals surface area contributed by atoms with Gasteiger partial charge in [0.1, 0.15) is 0 Å². The zero-order valence-corrected chi connectivity index (χ0v) is 13.4. The van der Waals surface area contributed by atoms with Gasteiger partial charge in [0.2, 0.25) is 0 Å². The number of urea groups is 1. The Balaban J connectivity index is 1.47. The molecule has 2 amide bonds. The van der Waals surface area contributed by atoms with Crippen molar-refractivity contribution in [1.29, 1.82) is 0 Å². The summed E-state index contributed by atoms with van der Waals surface area (Å²) in [5.41, 5.74) is 3.03. The summed E-state index contributed by atoms with van der Waals surface area (Å²) in [5, 5.41) is 14.4. The summed E-state index contributed by atoms with van der Waals surface area (Å²) in [6.07, 6.45) is 8.57. The third kappa shape index (κ3) is 2.73. The molecule has 3 aromatic heterocycles. The van der Waals surface area contributed by atoms with Gasteiger partial charge in [0.15, 0.2) is 0 Å². The number of carbonyl (C=O) groups is 1. The monoisotopic (exact) mass is 324 g/mol. The maximum atomic E-state index is 12.7. The molecule has 0 bridgehead atoms. The Morgan fingerprint density at radius 2 is 2.29 bits per heavy atom. The molecule has 7 heteroatoms. The number of piperidine rings is 1. The van der Waals surface area contributed by atoms with Gasteiger partial charge in [-0.3, -0.25) is 5.10 Å². The summed E-state index contributed by atoms with van der Waals surface area (Å²) in [4.78, 5) is 14.6. The van der Waals surface area contributed by atoms with Crippen LogP contribution in [0.15, 0.2) is 42.9 Å². The Hall–Kier alpha value is -2.83. The molecule has 24 heavy (non-hydrogen) atoms. The molecule has 0 aliphatic carbocycles. The minimum absolute atomic E-state index is 0.0374. The van der Waals surface area contributed by atoms with E-state index in [1.165, 1.54) is 0 Å². The highest BCUT2D eigenvalue weighted by Gasteiger charge is 2.28. The number of fused-ring (bicyclic) bond motifs is 1. The van der Waals surface area contributed by atoms with Crippen LogP contribution in [0.4, 0.5) is 4.79 Å². The molecule has 0 saturated carbocycles. The van der Waals surface area contributed by atoms with Crippen molar-refractivity contribution < 1.29 is 4.79 Å². The zero-order valence-electron chi connectivity index (χ0n) is 13.4. The van der Waals surface area contributed by atoms with Crippen molar-refractivity contribution in [2.75, 3.05) is 6.54 Å². The summed E-state index contributed by atoms with van der Waals surface area (Å²) < 4.78 is 1.82. The fourth-order valence-electron chi connectivity index (χ4n) is 3.35. The van der Waals surface area contributed by atoms with Crippen LogP contribution in [-0.4, -0.2) is 37.3 Å². The summed E-state index contributed by atoms with van der Waals surface area (Å²) in [6, 6.07) is 7.89. The van der Waals surface area contributed by atoms with E-state index >= 15 is 0 Å². The van der Waals surface area contributed by atoms with Crippen molar-refractivity contribution in [3.05, 3.63) is 54.1 Å². The fourth-order valence-corrected chi connectivity index (χ4v) is 3.35. The van der Waals surface area contributed by atoms with Crippen LogP contribution < -0.4 is 5.32 Å². The van der Waals surface area contributed by atoms with Crippen LogP contribution in [0.3, 0.4) is 0 Å². The molecule has 7 nitrogen and oxygen atoms in total. The lowest BCUT2D eigenvalue weighted by Crippen LogP contribution is -2.44. The number of amides is 2. The molecule has 4 rings (SSSR count). The van der Waals surface area contributed by atoms with E-state index in [2.05, 4.69) is 20.6 Å². The van der Waals surface area contributed by atoms with Crippen LogP contribution in [-0.2, 0) is 6.54 Å². The highest BCUT2D eigenvalue weighted by molar-refractivity contribution is 5.75. The van der Waals surface area contributed by atoms with E-state index in [1.807, 2.05) is 39.9 Å². The molecular formula is C17H20N6O. The number of hydrogen-bond donors (Lipinski definition) is 2. The number of likely N-dealkylation sites (tertiary alicyclic amines) is 1. The molecule has 0 unspecified atom stereocenters. The Morgan fingerprint density at radius 1 is 1.33 bits per heavy atom. The molecule has 1 atom stereocenters. The van der Waals surface area contributed by atoms with E-state index in [0.29, 0.717) is 6.54 Å². The quantitative estimate of drug-likeness (QED) is 0.777. The standard InChI is InChI=1S/C17H20N6O/c24-17(18-11-13-12-20-23-10-4-2-5-15(13)23)22-9-3-1-6-16(22)14-7-8-19-21-14/h2,4-5,7-8,10,12,16H,1,3,6,9,11H2,(H,18,24)(H,19,21)/t16-/m0/s1. The molecule has 1 fully saturated rings. The Labute approximate surface area is 139 Å². The van der Waals surface area contributed by atoms with E-state index in [9.17, 15) is 4.79 Å². The average molecular weight is 324 g/mol. The van der Waals surface area contributed by atoms with Crippen LogP contribution in [0.25, 0.3) is 5.52 Å². The second-order valence-corrected chi connectivity index (χ2v) is 6.08. The van der Waals surface area contributed by atoms with Gasteiger partial charge in [0.25, 0.3) is 0 Å². The van der Waals surface area contributed by atoms with Gasteiger partial charge in [0, 0.05) is 31.0 Å². The number of aromatic amines is 1. The van der Waals surface area contributed by atoms with Crippen molar-refractivity contribution in [2.45, 2.75) is 31.8 Å². The first-order valence-electron chi connectivity index (χ1n) is 8.28. The summed E-state index contributed by atoms with van der Waals surface area (Å²) in [5.74, 6) is 0. The largest absolute Gasteiger partial charge is 0.334 e. The molecule has 124 valence electrons. The molecule has 4 heterocycles. The van der Waals surface area contributed by atoms with Gasteiger partial charge in [-0.15, -0.1) is 0 Å². The molecule has 1 aliphatic rings. The van der Waals surface area contributed by atoms with Crippen molar-refractivity contribution >= 4 is 11.5 Å². The number of hydrogen-bond acceptors (Lipinski definition) is 3. The van der Waals surface area contributed by atoms with E-state index in [0.717, 1.165) is 42.6 Å². The molecule has 1 aliphatic heterocycles. The average Bonchev–Trinajstić information content (AvgIpc) is 3.30. The maximum Gasteiger partial charge on any atom is 0.318 e. The van der Waals surface area contributed by atoms with Gasteiger partial charge in [-0.05, 0) is 37.5 Å². The number of nitrogens with zero attached hydrogens (tertiary/aromatic N) is 4. The summed E-state index contributed by atoms with van der Waals surface area (Å²) >= 11 is 0. The molecule has 3 aromatic rings. The normalized spacial score (nSPS) is 18.0. The van der Waals surface area contributed by atoms with Gasteiger partial charge in [-0.25, -0.2) is 9.31 Å². The third-order valence-corrected chi connectivity index (χ3v) is 4.58. The number of pyridine rings is 1. The van der Waals surface area contributed by atoms with Gasteiger partial charge in [-0.2, -0.15) is 10.2 Å². The molecular weight excluding hydrogens is 304 g/mol. The van der Waals surface area contributed by atoms with Crippen molar-refractivity contribution in [2.24, 2.45) is 0 Å². The molecule has 0 aromatic carbocycles. The SMILES string of the molecule is O=C(NCc1cnn2ccccc12)N1CCCC[C@H]1c1ccn[nH]1. The predicted molar refractivity (Wildman–Crippen MR) is 89.3 cm³/mol. The van der Waals surface area contributed by atoms with E-state index in [4.69, 9.17) is 0 Å². The highest BCUT2D eigenvalue weighted by Crippen LogP contribution is 2.29.